The minimum atomic E-state index is -0.143. The zero-order chi connectivity index (χ0) is 37.3. The molecular formula is C43H32N8O3S. The van der Waals surface area contributed by atoms with E-state index in [0.29, 0.717) is 45.9 Å². The van der Waals surface area contributed by atoms with E-state index in [4.69, 9.17) is 4.74 Å². The fourth-order valence-electron chi connectivity index (χ4n) is 7.06. The first-order valence-electron chi connectivity index (χ1n) is 17.6. The smallest absolute Gasteiger partial charge is 0.268 e. The number of aromatic amines is 2. The van der Waals surface area contributed by atoms with E-state index in [2.05, 4.69) is 36.4 Å². The number of benzene rings is 3. The molecule has 7 aromatic heterocycles. The van der Waals surface area contributed by atoms with Gasteiger partial charge in [0.05, 0.1) is 40.6 Å². The van der Waals surface area contributed by atoms with Gasteiger partial charge < -0.3 is 4.74 Å². The van der Waals surface area contributed by atoms with Crippen LogP contribution in [0.2, 0.25) is 0 Å². The molecule has 10 rings (SSSR count). The predicted molar refractivity (Wildman–Crippen MR) is 217 cm³/mol. The van der Waals surface area contributed by atoms with Crippen LogP contribution in [0.25, 0.3) is 55.2 Å². The summed E-state index contributed by atoms with van der Waals surface area (Å²) in [4.78, 5) is 37.2. The van der Waals surface area contributed by atoms with Gasteiger partial charge in [-0.25, -0.2) is 9.97 Å². The van der Waals surface area contributed by atoms with Crippen molar-refractivity contribution in [1.29, 1.82) is 0 Å². The number of fused-ring (bicyclic) bond motifs is 6. The largest absolute Gasteiger partial charge is 0.496 e. The summed E-state index contributed by atoms with van der Waals surface area (Å²) in [5.41, 5.74) is 6.42. The number of H-pyrrole nitrogens is 2. The lowest BCUT2D eigenvalue weighted by Gasteiger charge is -2.11. The van der Waals surface area contributed by atoms with Crippen molar-refractivity contribution < 1.29 is 4.74 Å². The molecule has 2 N–H and O–H groups in total. The number of methoxy groups -OCH3 is 1. The Morgan fingerprint density at radius 3 is 1.65 bits per heavy atom. The molecule has 11 nitrogen and oxygen atoms in total. The van der Waals surface area contributed by atoms with Crippen molar-refractivity contribution in [3.05, 3.63) is 182 Å². The highest BCUT2D eigenvalue weighted by atomic mass is 32.1. The van der Waals surface area contributed by atoms with E-state index in [1.165, 1.54) is 4.88 Å². The minimum Gasteiger partial charge on any atom is -0.496 e. The van der Waals surface area contributed by atoms with Gasteiger partial charge in [-0.1, -0.05) is 60.7 Å². The SMILES string of the molecule is COc1ccccc1Cc1[nH]nc2c1c(=O)n(-c1ccccc1)c1ncccc21.O=c1c2c(Cc3cccs3)[nH]nc2c2cccnc2n1-c1ccccc1. The molecule has 0 amide bonds. The predicted octanol–water partition coefficient (Wildman–Crippen LogP) is 7.78. The second kappa shape index (κ2) is 14.3. The standard InChI is InChI=1S/C23H18N4O2.C20H14N4OS/c1-29-19-12-6-5-8-15(19)14-18-20-21(26-25-18)17-11-7-13-24-22(17)27(23(20)28)16-9-3-2-4-10-16;25-20-17-16(12-14-8-5-11-26-14)22-23-18(17)15-9-4-10-21-19(15)24(20)13-6-2-1-3-7-13/h2-13H,14H2,1H3,(H,25,26);1-11H,12H2,(H,22,23). The molecule has 268 valence electrons. The number of aromatic nitrogens is 8. The summed E-state index contributed by atoms with van der Waals surface area (Å²) >= 11 is 1.67. The molecule has 7 heterocycles. The van der Waals surface area contributed by atoms with Crippen LogP contribution in [-0.4, -0.2) is 46.6 Å². The van der Waals surface area contributed by atoms with Gasteiger partial charge in [-0.05, 0) is 66.0 Å². The summed E-state index contributed by atoms with van der Waals surface area (Å²) in [5, 5.41) is 20.0. The molecule has 12 heteroatoms. The van der Waals surface area contributed by atoms with E-state index in [0.717, 1.165) is 44.8 Å². The zero-order valence-electron chi connectivity index (χ0n) is 29.5. The van der Waals surface area contributed by atoms with Crippen LogP contribution in [0.1, 0.15) is 21.8 Å². The minimum absolute atomic E-state index is 0.0993. The van der Waals surface area contributed by atoms with Crippen LogP contribution in [0.15, 0.2) is 149 Å². The van der Waals surface area contributed by atoms with Gasteiger partial charge in [-0.2, -0.15) is 10.2 Å². The van der Waals surface area contributed by atoms with Gasteiger partial charge in [-0.3, -0.25) is 28.9 Å². The molecule has 0 bridgehead atoms. The van der Waals surface area contributed by atoms with E-state index in [1.807, 2.05) is 121 Å². The molecule has 0 saturated carbocycles. The molecule has 0 aliphatic carbocycles. The van der Waals surface area contributed by atoms with Crippen molar-refractivity contribution in [3.8, 4) is 17.1 Å². The van der Waals surface area contributed by atoms with E-state index in [9.17, 15) is 9.59 Å². The molecule has 0 spiro atoms. The number of hydrogen-bond acceptors (Lipinski definition) is 8. The van der Waals surface area contributed by atoms with Gasteiger partial charge >= 0.3 is 0 Å². The first-order valence-corrected chi connectivity index (χ1v) is 18.5. The zero-order valence-corrected chi connectivity index (χ0v) is 30.3. The molecule has 0 fully saturated rings. The van der Waals surface area contributed by atoms with Crippen molar-refractivity contribution in [3.63, 3.8) is 0 Å². The molecule has 55 heavy (non-hydrogen) atoms. The van der Waals surface area contributed by atoms with E-state index >= 15 is 0 Å². The van der Waals surface area contributed by atoms with Gasteiger partial charge in [0.15, 0.2) is 0 Å². The average molecular weight is 741 g/mol. The van der Waals surface area contributed by atoms with Gasteiger partial charge in [0.25, 0.3) is 11.1 Å². The Balaban J connectivity index is 0.000000145. The third-order valence-electron chi connectivity index (χ3n) is 9.54. The molecule has 10 aromatic rings. The number of nitrogens with zero attached hydrogens (tertiary/aromatic N) is 6. The van der Waals surface area contributed by atoms with Crippen LogP contribution in [0, 0.1) is 0 Å². The number of para-hydroxylation sites is 3. The van der Waals surface area contributed by atoms with E-state index in [-0.39, 0.29) is 11.1 Å². The Kier molecular flexibility index (Phi) is 8.77. The molecule has 0 aliphatic heterocycles. The fourth-order valence-corrected chi connectivity index (χ4v) is 7.78. The summed E-state index contributed by atoms with van der Waals surface area (Å²) < 4.78 is 8.80. The molecule has 0 aliphatic rings. The topological polar surface area (TPSA) is 136 Å². The summed E-state index contributed by atoms with van der Waals surface area (Å²) in [7, 11) is 1.64. The maximum atomic E-state index is 13.6. The second-order valence-corrected chi connectivity index (χ2v) is 13.8. The Morgan fingerprint density at radius 1 is 0.600 bits per heavy atom. The van der Waals surface area contributed by atoms with Crippen LogP contribution >= 0.6 is 11.3 Å². The lowest BCUT2D eigenvalue weighted by Crippen LogP contribution is -2.20. The highest BCUT2D eigenvalue weighted by Crippen LogP contribution is 2.28. The van der Waals surface area contributed by atoms with E-state index in [1.54, 1.807) is 40.0 Å². The van der Waals surface area contributed by atoms with Crippen molar-refractivity contribution in [2.45, 2.75) is 12.8 Å². The van der Waals surface area contributed by atoms with Gasteiger partial charge in [0.2, 0.25) is 0 Å². The number of pyridine rings is 4. The summed E-state index contributed by atoms with van der Waals surface area (Å²) in [6.45, 7) is 0. The van der Waals surface area contributed by atoms with Crippen LogP contribution in [0.4, 0.5) is 0 Å². The number of thiophene rings is 1. The third kappa shape index (κ3) is 6.04. The number of hydrogen-bond donors (Lipinski definition) is 2. The summed E-state index contributed by atoms with van der Waals surface area (Å²) in [5.74, 6) is 0.779. The van der Waals surface area contributed by atoms with Crippen molar-refractivity contribution in [1.82, 2.24) is 39.5 Å². The average Bonchev–Trinajstić information content (AvgIpc) is 4.01. The quantitative estimate of drug-likeness (QED) is 0.170. The maximum absolute atomic E-state index is 13.6. The highest BCUT2D eigenvalue weighted by Gasteiger charge is 2.21. The lowest BCUT2D eigenvalue weighted by atomic mass is 10.1. The van der Waals surface area contributed by atoms with Crippen molar-refractivity contribution in [2.75, 3.05) is 7.11 Å². The molecule has 0 saturated heterocycles. The first-order chi connectivity index (χ1) is 27.1. The van der Waals surface area contributed by atoms with Crippen LogP contribution in [-0.2, 0) is 12.8 Å². The third-order valence-corrected chi connectivity index (χ3v) is 10.4. The monoisotopic (exact) mass is 740 g/mol. The number of nitrogens with one attached hydrogen (secondary N) is 2. The Bertz CT molecular complexity index is 3080. The molecule has 0 atom stereocenters. The first kappa shape index (κ1) is 33.6. The van der Waals surface area contributed by atoms with Gasteiger partial charge in [-0.15, -0.1) is 11.3 Å². The Hall–Kier alpha value is -7.18. The number of rotatable bonds is 7. The Labute approximate surface area is 317 Å². The molecular weight excluding hydrogens is 709 g/mol. The van der Waals surface area contributed by atoms with Crippen LogP contribution < -0.4 is 15.9 Å². The molecule has 3 aromatic carbocycles. The highest BCUT2D eigenvalue weighted by molar-refractivity contribution is 7.09. The second-order valence-electron chi connectivity index (χ2n) is 12.8. The van der Waals surface area contributed by atoms with Crippen molar-refractivity contribution in [2.24, 2.45) is 0 Å². The maximum Gasteiger partial charge on any atom is 0.268 e. The molecule has 0 unspecified atom stereocenters. The van der Waals surface area contributed by atoms with E-state index < -0.39 is 0 Å². The van der Waals surface area contributed by atoms with Crippen LogP contribution in [0.3, 0.4) is 0 Å². The summed E-state index contributed by atoms with van der Waals surface area (Å²) in [6.07, 6.45) is 4.56. The Morgan fingerprint density at radius 2 is 1.13 bits per heavy atom. The van der Waals surface area contributed by atoms with Crippen molar-refractivity contribution >= 4 is 55.2 Å². The normalized spacial score (nSPS) is 11.3. The lowest BCUT2D eigenvalue weighted by molar-refractivity contribution is 0.410. The van der Waals surface area contributed by atoms with Gasteiger partial charge in [0.1, 0.15) is 28.1 Å². The number of ether oxygens (including phenoxy) is 1. The fraction of sp³-hybridized carbons (Fsp3) is 0.0698. The molecule has 0 radical (unpaired) electrons. The summed E-state index contributed by atoms with van der Waals surface area (Å²) in [6, 6.07) is 38.6. The van der Waals surface area contributed by atoms with Crippen LogP contribution in [0.5, 0.6) is 5.75 Å². The van der Waals surface area contributed by atoms with Gasteiger partial charge in [0, 0.05) is 46.4 Å².